The van der Waals surface area contributed by atoms with Crippen molar-refractivity contribution in [2.24, 2.45) is 5.92 Å². The van der Waals surface area contributed by atoms with Crippen LogP contribution in [0.1, 0.15) is 55.8 Å². The van der Waals surface area contributed by atoms with Gasteiger partial charge in [0.1, 0.15) is 0 Å². The molecule has 0 radical (unpaired) electrons. The van der Waals surface area contributed by atoms with E-state index in [2.05, 4.69) is 22.2 Å². The van der Waals surface area contributed by atoms with Crippen molar-refractivity contribution in [2.45, 2.75) is 56.9 Å². The zero-order valence-electron chi connectivity index (χ0n) is 17.1. The molecule has 29 heavy (non-hydrogen) atoms. The number of benzene rings is 2. The lowest BCUT2D eigenvalue weighted by Crippen LogP contribution is -2.31. The third kappa shape index (κ3) is 5.90. The van der Waals surface area contributed by atoms with Crippen LogP contribution in [0.4, 0.5) is 0 Å². The number of nitrogens with one attached hydrogen (secondary N) is 2. The normalized spacial score (nSPS) is 16.4. The number of carbonyl (C=O) groups excluding carboxylic acids is 1. The summed E-state index contributed by atoms with van der Waals surface area (Å²) in [5.74, 6) is 0.278. The molecule has 1 amide bonds. The molecular weight excluding hydrogens is 384 g/mol. The molecule has 0 aromatic heterocycles. The maximum absolute atomic E-state index is 12.5. The fourth-order valence-electron chi connectivity index (χ4n) is 3.62. The van der Waals surface area contributed by atoms with Gasteiger partial charge in [-0.25, -0.2) is 13.1 Å². The van der Waals surface area contributed by atoms with Crippen LogP contribution in [-0.2, 0) is 27.7 Å². The monoisotopic (exact) mass is 414 g/mol. The number of hydrogen-bond donors (Lipinski definition) is 2. The van der Waals surface area contributed by atoms with E-state index < -0.39 is 10.0 Å². The fraction of sp³-hybridized carbons (Fsp3) is 0.435. The summed E-state index contributed by atoms with van der Waals surface area (Å²) >= 11 is 0. The van der Waals surface area contributed by atoms with Gasteiger partial charge in [0, 0.05) is 13.0 Å². The molecule has 0 fully saturated rings. The van der Waals surface area contributed by atoms with Crippen LogP contribution in [0.3, 0.4) is 0 Å². The second kappa shape index (κ2) is 9.55. The van der Waals surface area contributed by atoms with Crippen molar-refractivity contribution in [3.05, 3.63) is 65.2 Å². The average molecular weight is 415 g/mol. The van der Waals surface area contributed by atoms with Crippen molar-refractivity contribution in [1.82, 2.24) is 10.0 Å². The van der Waals surface area contributed by atoms with Gasteiger partial charge in [-0.2, -0.15) is 0 Å². The molecule has 2 aromatic carbocycles. The number of aryl methyl sites for hydroxylation is 2. The third-order valence-electron chi connectivity index (χ3n) is 5.26. The molecule has 0 aliphatic heterocycles. The van der Waals surface area contributed by atoms with Crippen LogP contribution in [0.25, 0.3) is 0 Å². The summed E-state index contributed by atoms with van der Waals surface area (Å²) in [5.41, 5.74) is 3.51. The summed E-state index contributed by atoms with van der Waals surface area (Å²) in [4.78, 5) is 12.7. The summed E-state index contributed by atoms with van der Waals surface area (Å²) in [6.07, 6.45) is 4.10. The Hall–Kier alpha value is -2.18. The van der Waals surface area contributed by atoms with Gasteiger partial charge in [0.05, 0.1) is 10.9 Å². The molecular formula is C23H30N2O3S. The predicted octanol–water partition coefficient (Wildman–Crippen LogP) is 3.75. The van der Waals surface area contributed by atoms with E-state index >= 15 is 0 Å². The Bertz CT molecular complexity index is 937. The van der Waals surface area contributed by atoms with Gasteiger partial charge in [-0.15, -0.1) is 0 Å². The van der Waals surface area contributed by atoms with Crippen molar-refractivity contribution < 1.29 is 13.2 Å². The number of rotatable bonds is 8. The van der Waals surface area contributed by atoms with Gasteiger partial charge in [-0.1, -0.05) is 50.2 Å². The fourth-order valence-corrected chi connectivity index (χ4v) is 4.84. The van der Waals surface area contributed by atoms with Gasteiger partial charge in [0.25, 0.3) is 0 Å². The minimum Gasteiger partial charge on any atom is -0.349 e. The summed E-state index contributed by atoms with van der Waals surface area (Å²) in [7, 11) is -3.48. The minimum atomic E-state index is -3.48. The Morgan fingerprint density at radius 1 is 1.10 bits per heavy atom. The lowest BCUT2D eigenvalue weighted by molar-refractivity contribution is -0.121. The average Bonchev–Trinajstić information content (AvgIpc) is 2.71. The van der Waals surface area contributed by atoms with E-state index in [0.29, 0.717) is 19.4 Å². The van der Waals surface area contributed by atoms with Crippen molar-refractivity contribution in [3.8, 4) is 0 Å². The Morgan fingerprint density at radius 3 is 2.55 bits per heavy atom. The SMILES string of the molecule is CC(C)CNS(=O)(=O)c1ccc(CCC(=O)N[C@@H]2CCCc3ccccc32)cc1. The molecule has 2 aromatic rings. The molecule has 0 heterocycles. The molecule has 6 heteroatoms. The van der Waals surface area contributed by atoms with Crippen LogP contribution in [0.5, 0.6) is 0 Å². The van der Waals surface area contributed by atoms with Gasteiger partial charge in [0.2, 0.25) is 15.9 Å². The van der Waals surface area contributed by atoms with Crippen LogP contribution >= 0.6 is 0 Å². The van der Waals surface area contributed by atoms with Gasteiger partial charge in [0.15, 0.2) is 0 Å². The molecule has 0 unspecified atom stereocenters. The van der Waals surface area contributed by atoms with Crippen LogP contribution in [0, 0.1) is 5.92 Å². The molecule has 3 rings (SSSR count). The zero-order valence-corrected chi connectivity index (χ0v) is 18.0. The van der Waals surface area contributed by atoms with E-state index in [1.165, 1.54) is 11.1 Å². The van der Waals surface area contributed by atoms with E-state index in [4.69, 9.17) is 0 Å². The molecule has 1 atom stereocenters. The first-order valence-electron chi connectivity index (χ1n) is 10.3. The predicted molar refractivity (Wildman–Crippen MR) is 115 cm³/mol. The van der Waals surface area contributed by atoms with Gasteiger partial charge >= 0.3 is 0 Å². The molecule has 156 valence electrons. The molecule has 1 aliphatic rings. The Morgan fingerprint density at radius 2 is 1.83 bits per heavy atom. The topological polar surface area (TPSA) is 75.3 Å². The van der Waals surface area contributed by atoms with Crippen LogP contribution in [0.2, 0.25) is 0 Å². The number of fused-ring (bicyclic) bond motifs is 1. The molecule has 0 saturated carbocycles. The highest BCUT2D eigenvalue weighted by Crippen LogP contribution is 2.29. The van der Waals surface area contributed by atoms with Crippen molar-refractivity contribution in [2.75, 3.05) is 6.54 Å². The molecule has 1 aliphatic carbocycles. The summed E-state index contributed by atoms with van der Waals surface area (Å²) in [5, 5.41) is 3.16. The van der Waals surface area contributed by atoms with Crippen molar-refractivity contribution in [1.29, 1.82) is 0 Å². The number of hydrogen-bond acceptors (Lipinski definition) is 3. The standard InChI is InChI=1S/C23H30N2O3S/c1-17(2)16-24-29(27,28)20-13-10-18(11-14-20)12-15-23(26)25-22-9-5-7-19-6-3-4-8-21(19)22/h3-4,6,8,10-11,13-14,17,22,24H,5,7,9,12,15-16H2,1-2H3,(H,25,26)/t22-/m1/s1. The van der Waals surface area contributed by atoms with Gasteiger partial charge in [-0.05, 0) is 60.4 Å². The lowest BCUT2D eigenvalue weighted by atomic mass is 9.87. The smallest absolute Gasteiger partial charge is 0.240 e. The minimum absolute atomic E-state index is 0.0296. The Kier molecular flexibility index (Phi) is 7.09. The molecule has 2 N–H and O–H groups in total. The molecule has 0 spiro atoms. The van der Waals surface area contributed by atoms with E-state index in [1.807, 2.05) is 26.0 Å². The summed E-state index contributed by atoms with van der Waals surface area (Å²) < 4.78 is 27.1. The first kappa shape index (κ1) is 21.5. The molecule has 0 bridgehead atoms. The third-order valence-corrected chi connectivity index (χ3v) is 6.70. The van der Waals surface area contributed by atoms with Crippen molar-refractivity contribution >= 4 is 15.9 Å². The Balaban J connectivity index is 1.53. The molecule has 0 saturated heterocycles. The molecule has 5 nitrogen and oxygen atoms in total. The van der Waals surface area contributed by atoms with E-state index in [1.54, 1.807) is 24.3 Å². The second-order valence-corrected chi connectivity index (χ2v) is 9.87. The number of amides is 1. The van der Waals surface area contributed by atoms with E-state index in [-0.39, 0.29) is 22.8 Å². The number of carbonyl (C=O) groups is 1. The van der Waals surface area contributed by atoms with Gasteiger partial charge < -0.3 is 5.32 Å². The summed E-state index contributed by atoms with van der Waals surface area (Å²) in [6, 6.07) is 15.2. The van der Waals surface area contributed by atoms with Gasteiger partial charge in [-0.3, -0.25) is 4.79 Å². The Labute approximate surface area is 174 Å². The van der Waals surface area contributed by atoms with Crippen LogP contribution in [0.15, 0.2) is 53.4 Å². The van der Waals surface area contributed by atoms with E-state index in [9.17, 15) is 13.2 Å². The number of sulfonamides is 1. The highest BCUT2D eigenvalue weighted by atomic mass is 32.2. The lowest BCUT2D eigenvalue weighted by Gasteiger charge is -2.26. The zero-order chi connectivity index (χ0) is 20.9. The first-order valence-corrected chi connectivity index (χ1v) is 11.8. The highest BCUT2D eigenvalue weighted by Gasteiger charge is 2.21. The quantitative estimate of drug-likeness (QED) is 0.691. The van der Waals surface area contributed by atoms with E-state index in [0.717, 1.165) is 24.8 Å². The maximum atomic E-state index is 12.5. The van der Waals surface area contributed by atoms with Crippen LogP contribution < -0.4 is 10.0 Å². The largest absolute Gasteiger partial charge is 0.349 e. The second-order valence-electron chi connectivity index (χ2n) is 8.10. The van der Waals surface area contributed by atoms with Crippen molar-refractivity contribution in [3.63, 3.8) is 0 Å². The van der Waals surface area contributed by atoms with Crippen LogP contribution in [-0.4, -0.2) is 20.9 Å². The highest BCUT2D eigenvalue weighted by molar-refractivity contribution is 7.89. The first-order chi connectivity index (χ1) is 13.8. The summed E-state index contributed by atoms with van der Waals surface area (Å²) in [6.45, 7) is 4.33. The maximum Gasteiger partial charge on any atom is 0.240 e.